The molecule has 1 aromatic rings. The van der Waals surface area contributed by atoms with Crippen molar-refractivity contribution in [3.8, 4) is 0 Å². The van der Waals surface area contributed by atoms with Crippen molar-refractivity contribution < 1.29 is 9.53 Å². The Balaban J connectivity index is 1.55. The van der Waals surface area contributed by atoms with E-state index in [0.717, 1.165) is 45.7 Å². The topological polar surface area (TPSA) is 59.4 Å². The molecule has 2 aliphatic heterocycles. The number of aromatic nitrogens is 2. The van der Waals surface area contributed by atoms with Crippen molar-refractivity contribution in [1.29, 1.82) is 0 Å². The van der Waals surface area contributed by atoms with Gasteiger partial charge in [-0.2, -0.15) is 5.10 Å². The van der Waals surface area contributed by atoms with Crippen molar-refractivity contribution in [2.45, 2.75) is 25.8 Å². The van der Waals surface area contributed by atoms with Crippen molar-refractivity contribution in [2.75, 3.05) is 38.2 Å². The van der Waals surface area contributed by atoms with Crippen LogP contribution in [0.25, 0.3) is 0 Å². The van der Waals surface area contributed by atoms with Crippen LogP contribution >= 0.6 is 0 Å². The van der Waals surface area contributed by atoms with Gasteiger partial charge in [-0.1, -0.05) is 6.08 Å². The lowest BCUT2D eigenvalue weighted by Crippen LogP contribution is -2.26. The maximum absolute atomic E-state index is 11.0. The second-order valence-electron chi connectivity index (χ2n) is 5.74. The molecule has 3 heterocycles. The number of hydrogen-bond acceptors (Lipinski definition) is 4. The van der Waals surface area contributed by atoms with Gasteiger partial charge < -0.3 is 10.1 Å². The van der Waals surface area contributed by atoms with E-state index in [2.05, 4.69) is 21.4 Å². The van der Waals surface area contributed by atoms with E-state index in [1.54, 1.807) is 0 Å². The van der Waals surface area contributed by atoms with E-state index >= 15 is 0 Å². The molecule has 0 saturated carbocycles. The highest BCUT2D eigenvalue weighted by Gasteiger charge is 2.25. The molecule has 6 nitrogen and oxygen atoms in total. The molecule has 1 N–H and O–H groups in total. The molecule has 114 valence electrons. The number of likely N-dealkylation sites (tertiary alicyclic amines) is 1. The summed E-state index contributed by atoms with van der Waals surface area (Å²) in [7, 11) is 0. The second kappa shape index (κ2) is 6.41. The quantitative estimate of drug-likeness (QED) is 0.852. The number of nitrogens with one attached hydrogen (secondary N) is 1. The Morgan fingerprint density at radius 3 is 3.24 bits per heavy atom. The van der Waals surface area contributed by atoms with Crippen LogP contribution in [0.3, 0.4) is 0 Å². The molecule has 2 aliphatic rings. The summed E-state index contributed by atoms with van der Waals surface area (Å²) in [5.74, 6) is 0.543. The first-order valence-corrected chi connectivity index (χ1v) is 7.51. The highest BCUT2D eigenvalue weighted by Crippen LogP contribution is 2.23. The lowest BCUT2D eigenvalue weighted by Gasteiger charge is -2.20. The van der Waals surface area contributed by atoms with E-state index in [9.17, 15) is 4.79 Å². The van der Waals surface area contributed by atoms with Gasteiger partial charge in [-0.05, 0) is 18.4 Å². The number of nitrogens with zero attached hydrogens (tertiary/aromatic N) is 3. The van der Waals surface area contributed by atoms with Gasteiger partial charge in [-0.15, -0.1) is 0 Å². The Kier molecular flexibility index (Phi) is 4.36. The average Bonchev–Trinajstić information content (AvgIpc) is 3.08. The van der Waals surface area contributed by atoms with Crippen LogP contribution in [0.4, 0.5) is 5.82 Å². The fourth-order valence-corrected chi connectivity index (χ4v) is 2.97. The van der Waals surface area contributed by atoms with Crippen molar-refractivity contribution in [1.82, 2.24) is 14.7 Å². The highest BCUT2D eigenvalue weighted by atomic mass is 16.5. The molecule has 0 radical (unpaired) electrons. The van der Waals surface area contributed by atoms with Gasteiger partial charge in [0.05, 0.1) is 19.3 Å². The first-order chi connectivity index (χ1) is 10.2. The van der Waals surface area contributed by atoms with Crippen LogP contribution in [-0.2, 0) is 9.53 Å². The lowest BCUT2D eigenvalue weighted by molar-refractivity contribution is -0.114. The number of rotatable bonds is 4. The molecule has 0 spiro atoms. The highest BCUT2D eigenvalue weighted by molar-refractivity contribution is 5.87. The summed E-state index contributed by atoms with van der Waals surface area (Å²) in [6.07, 6.45) is 6.38. The molecule has 1 aromatic heterocycles. The Morgan fingerprint density at radius 1 is 1.57 bits per heavy atom. The zero-order chi connectivity index (χ0) is 14.7. The smallest absolute Gasteiger partial charge is 0.222 e. The van der Waals surface area contributed by atoms with Gasteiger partial charge in [-0.3, -0.25) is 14.4 Å². The first-order valence-electron chi connectivity index (χ1n) is 7.51. The molecule has 1 atom stereocenters. The molecule has 6 heteroatoms. The zero-order valence-electron chi connectivity index (χ0n) is 12.4. The Morgan fingerprint density at radius 2 is 2.48 bits per heavy atom. The number of hydrogen-bond donors (Lipinski definition) is 1. The largest absolute Gasteiger partial charge is 0.377 e. The van der Waals surface area contributed by atoms with Gasteiger partial charge in [0.2, 0.25) is 5.91 Å². The standard InChI is InChI=1S/C15H22N4O2/c1-12(20)16-15-5-7-19(17-15)14-4-6-18(10-14)9-13-3-2-8-21-11-13/h3,5,7,14H,2,4,6,8-11H2,1H3,(H,16,17,20)/t14-/m0/s1. The monoisotopic (exact) mass is 290 g/mol. The number of carbonyl (C=O) groups is 1. The van der Waals surface area contributed by atoms with Gasteiger partial charge >= 0.3 is 0 Å². The summed E-state index contributed by atoms with van der Waals surface area (Å²) in [5, 5.41) is 7.15. The maximum atomic E-state index is 11.0. The van der Waals surface area contributed by atoms with Crippen molar-refractivity contribution in [3.05, 3.63) is 23.9 Å². The van der Waals surface area contributed by atoms with Crippen LogP contribution in [0.2, 0.25) is 0 Å². The zero-order valence-corrected chi connectivity index (χ0v) is 12.4. The normalized spacial score (nSPS) is 23.1. The summed E-state index contributed by atoms with van der Waals surface area (Å²) in [5.41, 5.74) is 1.39. The van der Waals surface area contributed by atoms with Crippen LogP contribution in [-0.4, -0.2) is 53.4 Å². The van der Waals surface area contributed by atoms with E-state index in [1.165, 1.54) is 12.5 Å². The molecule has 0 unspecified atom stereocenters. The third kappa shape index (κ3) is 3.71. The molecule has 1 fully saturated rings. The predicted octanol–water partition coefficient (Wildman–Crippen LogP) is 1.43. The molecule has 3 rings (SSSR count). The first kappa shape index (κ1) is 14.3. The summed E-state index contributed by atoms with van der Waals surface area (Å²) < 4.78 is 7.46. The Hall–Kier alpha value is -1.66. The van der Waals surface area contributed by atoms with E-state index < -0.39 is 0 Å². The lowest BCUT2D eigenvalue weighted by atomic mass is 10.2. The van der Waals surface area contributed by atoms with Gasteiger partial charge in [0.15, 0.2) is 5.82 Å². The number of amides is 1. The SMILES string of the molecule is CC(=O)Nc1ccn([C@H]2CCN(CC3=CCCOC3)C2)n1. The third-order valence-electron chi connectivity index (χ3n) is 3.94. The summed E-state index contributed by atoms with van der Waals surface area (Å²) in [6.45, 7) is 6.20. The summed E-state index contributed by atoms with van der Waals surface area (Å²) >= 11 is 0. The average molecular weight is 290 g/mol. The number of anilines is 1. The molecule has 1 saturated heterocycles. The molecule has 0 aliphatic carbocycles. The minimum Gasteiger partial charge on any atom is -0.377 e. The van der Waals surface area contributed by atoms with Crippen molar-refractivity contribution >= 4 is 11.7 Å². The second-order valence-corrected chi connectivity index (χ2v) is 5.74. The minimum absolute atomic E-state index is 0.0856. The van der Waals surface area contributed by atoms with Crippen LogP contribution in [0.5, 0.6) is 0 Å². The Bertz CT molecular complexity index is 538. The van der Waals surface area contributed by atoms with E-state index in [-0.39, 0.29) is 5.91 Å². The predicted molar refractivity (Wildman–Crippen MR) is 80.1 cm³/mol. The Labute approximate surface area is 124 Å². The van der Waals surface area contributed by atoms with Gasteiger partial charge in [0, 0.05) is 38.8 Å². The molecule has 0 aromatic carbocycles. The summed E-state index contributed by atoms with van der Waals surface area (Å²) in [6, 6.07) is 2.24. The number of ether oxygens (including phenoxy) is 1. The molecule has 0 bridgehead atoms. The summed E-state index contributed by atoms with van der Waals surface area (Å²) in [4.78, 5) is 13.5. The van der Waals surface area contributed by atoms with E-state index in [1.807, 2.05) is 16.9 Å². The van der Waals surface area contributed by atoms with Crippen molar-refractivity contribution in [2.24, 2.45) is 0 Å². The molecule has 21 heavy (non-hydrogen) atoms. The van der Waals surface area contributed by atoms with Crippen LogP contribution < -0.4 is 5.32 Å². The van der Waals surface area contributed by atoms with Crippen molar-refractivity contribution in [3.63, 3.8) is 0 Å². The molecular weight excluding hydrogens is 268 g/mol. The molecule has 1 amide bonds. The van der Waals surface area contributed by atoms with Gasteiger partial charge in [0.1, 0.15) is 0 Å². The van der Waals surface area contributed by atoms with Gasteiger partial charge in [0.25, 0.3) is 0 Å². The van der Waals surface area contributed by atoms with Crippen LogP contribution in [0.15, 0.2) is 23.9 Å². The van der Waals surface area contributed by atoms with Crippen LogP contribution in [0.1, 0.15) is 25.8 Å². The van der Waals surface area contributed by atoms with E-state index in [4.69, 9.17) is 4.74 Å². The minimum atomic E-state index is -0.0856. The fraction of sp³-hybridized carbons (Fsp3) is 0.600. The van der Waals surface area contributed by atoms with E-state index in [0.29, 0.717) is 11.9 Å². The maximum Gasteiger partial charge on any atom is 0.222 e. The van der Waals surface area contributed by atoms with Crippen LogP contribution in [0, 0.1) is 0 Å². The van der Waals surface area contributed by atoms with Gasteiger partial charge in [-0.25, -0.2) is 0 Å². The fourth-order valence-electron chi connectivity index (χ4n) is 2.97. The third-order valence-corrected chi connectivity index (χ3v) is 3.94. The number of carbonyl (C=O) groups excluding carboxylic acids is 1. The molecular formula is C15H22N4O2.